The highest BCUT2D eigenvalue weighted by Gasteiger charge is 2.31. The number of carbonyl (C=O) groups excluding carboxylic acids is 1. The van der Waals surface area contributed by atoms with E-state index >= 15 is 0 Å². The molecule has 162 valence electrons. The van der Waals surface area contributed by atoms with E-state index in [2.05, 4.69) is 9.97 Å². The summed E-state index contributed by atoms with van der Waals surface area (Å²) in [4.78, 5) is 21.8. The van der Waals surface area contributed by atoms with Crippen LogP contribution in [-0.2, 0) is 11.2 Å². The molecule has 0 saturated carbocycles. The third kappa shape index (κ3) is 3.51. The van der Waals surface area contributed by atoms with Crippen molar-refractivity contribution in [3.63, 3.8) is 0 Å². The quantitative estimate of drug-likeness (QED) is 0.326. The van der Waals surface area contributed by atoms with Gasteiger partial charge < -0.3 is 14.6 Å². The van der Waals surface area contributed by atoms with Crippen molar-refractivity contribution in [1.29, 1.82) is 0 Å². The van der Waals surface area contributed by atoms with Gasteiger partial charge in [-0.05, 0) is 60.0 Å². The van der Waals surface area contributed by atoms with Crippen LogP contribution in [0.4, 0.5) is 0 Å². The average Bonchev–Trinajstić information content (AvgIpc) is 3.21. The lowest BCUT2D eigenvalue weighted by Crippen LogP contribution is -2.34. The highest BCUT2D eigenvalue weighted by molar-refractivity contribution is 6.31. The maximum absolute atomic E-state index is 11.9. The van der Waals surface area contributed by atoms with E-state index in [0.717, 1.165) is 45.9 Å². The minimum Gasteiger partial charge on any atom is -0.439 e. The Balaban J connectivity index is 1.33. The first kappa shape index (κ1) is 19.8. The van der Waals surface area contributed by atoms with E-state index in [1.807, 2.05) is 83.8 Å². The number of H-pyrrole nitrogens is 1. The zero-order valence-corrected chi connectivity index (χ0v) is 18.4. The van der Waals surface area contributed by atoms with Crippen molar-refractivity contribution in [3.05, 3.63) is 101 Å². The van der Waals surface area contributed by atoms with Crippen LogP contribution in [0.2, 0.25) is 5.02 Å². The number of fused-ring (bicyclic) bond motifs is 4. The molecule has 0 bridgehead atoms. The lowest BCUT2D eigenvalue weighted by molar-refractivity contribution is -0.120. The molecule has 5 aromatic rings. The van der Waals surface area contributed by atoms with Crippen molar-refractivity contribution in [1.82, 2.24) is 14.9 Å². The molecule has 1 aliphatic heterocycles. The zero-order valence-electron chi connectivity index (χ0n) is 17.7. The molecule has 1 N–H and O–H groups in total. The molecule has 1 amide bonds. The van der Waals surface area contributed by atoms with Gasteiger partial charge in [0, 0.05) is 39.6 Å². The van der Waals surface area contributed by atoms with E-state index < -0.39 is 0 Å². The molecule has 0 spiro atoms. The number of aromatic nitrogens is 2. The predicted octanol–water partition coefficient (Wildman–Crippen LogP) is 6.27. The smallest absolute Gasteiger partial charge is 0.219 e. The minimum atomic E-state index is -0.190. The Morgan fingerprint density at radius 1 is 1.03 bits per heavy atom. The number of rotatable bonds is 4. The zero-order chi connectivity index (χ0) is 22.4. The van der Waals surface area contributed by atoms with Crippen LogP contribution in [0.3, 0.4) is 0 Å². The highest BCUT2D eigenvalue weighted by Crippen LogP contribution is 2.39. The molecule has 3 heterocycles. The van der Waals surface area contributed by atoms with Crippen molar-refractivity contribution in [3.8, 4) is 11.6 Å². The van der Waals surface area contributed by atoms with Gasteiger partial charge in [-0.3, -0.25) is 4.79 Å². The molecule has 1 unspecified atom stereocenters. The summed E-state index contributed by atoms with van der Waals surface area (Å²) < 4.78 is 6.00. The van der Waals surface area contributed by atoms with Gasteiger partial charge in [-0.15, -0.1) is 0 Å². The summed E-state index contributed by atoms with van der Waals surface area (Å²) in [6.45, 7) is 0.653. The normalized spacial score (nSPS) is 15.5. The molecule has 0 saturated heterocycles. The summed E-state index contributed by atoms with van der Waals surface area (Å²) in [7, 11) is 0. The summed E-state index contributed by atoms with van der Waals surface area (Å²) in [5.41, 5.74) is 5.19. The molecule has 1 atom stereocenters. The fourth-order valence-electron chi connectivity index (χ4n) is 4.69. The first-order valence-corrected chi connectivity index (χ1v) is 11.2. The SMILES string of the molecule is O=CN1CCc2c([nH]c3ccc(Cl)cc23)C1c1ccc(Oc2ccc3ccccc3n2)cc1. The largest absolute Gasteiger partial charge is 0.439 e. The maximum atomic E-state index is 11.9. The summed E-state index contributed by atoms with van der Waals surface area (Å²) in [5, 5.41) is 2.90. The Morgan fingerprint density at radius 3 is 2.73 bits per heavy atom. The van der Waals surface area contributed by atoms with Crippen LogP contribution in [0.15, 0.2) is 78.9 Å². The molecule has 1 aliphatic rings. The summed E-state index contributed by atoms with van der Waals surface area (Å²) >= 11 is 6.24. The van der Waals surface area contributed by atoms with E-state index in [9.17, 15) is 4.79 Å². The first-order valence-electron chi connectivity index (χ1n) is 10.8. The summed E-state index contributed by atoms with van der Waals surface area (Å²) in [5.74, 6) is 1.24. The predicted molar refractivity (Wildman–Crippen MR) is 130 cm³/mol. The van der Waals surface area contributed by atoms with Gasteiger partial charge in [0.15, 0.2) is 0 Å². The molecular formula is C27H20ClN3O2. The van der Waals surface area contributed by atoms with Crippen LogP contribution >= 0.6 is 11.6 Å². The number of halogens is 1. The number of nitrogens with zero attached hydrogens (tertiary/aromatic N) is 2. The van der Waals surface area contributed by atoms with Crippen LogP contribution < -0.4 is 4.74 Å². The lowest BCUT2D eigenvalue weighted by atomic mass is 9.93. The highest BCUT2D eigenvalue weighted by atomic mass is 35.5. The summed E-state index contributed by atoms with van der Waals surface area (Å²) in [6, 6.07) is 25.3. The molecule has 0 aliphatic carbocycles. The van der Waals surface area contributed by atoms with Crippen molar-refractivity contribution < 1.29 is 9.53 Å². The first-order chi connectivity index (χ1) is 16.2. The maximum Gasteiger partial charge on any atom is 0.219 e. The number of para-hydroxylation sites is 1. The Bertz CT molecular complexity index is 1490. The number of pyridine rings is 1. The molecule has 0 fully saturated rings. The molecular weight excluding hydrogens is 434 g/mol. The molecule has 6 heteroatoms. The van der Waals surface area contributed by atoms with Crippen molar-refractivity contribution in [2.75, 3.05) is 6.54 Å². The number of aromatic amines is 1. The second-order valence-electron chi connectivity index (χ2n) is 8.22. The number of carbonyl (C=O) groups is 1. The third-order valence-electron chi connectivity index (χ3n) is 6.25. The van der Waals surface area contributed by atoms with Gasteiger partial charge in [0.05, 0.1) is 11.6 Å². The number of ether oxygens (including phenoxy) is 1. The number of benzene rings is 3. The average molecular weight is 454 g/mol. The Labute approximate surface area is 195 Å². The van der Waals surface area contributed by atoms with Crippen LogP contribution in [0.1, 0.15) is 22.9 Å². The molecule has 0 radical (unpaired) electrons. The van der Waals surface area contributed by atoms with Crippen LogP contribution in [0.25, 0.3) is 21.8 Å². The second-order valence-corrected chi connectivity index (χ2v) is 8.65. The van der Waals surface area contributed by atoms with Gasteiger partial charge in [0.25, 0.3) is 0 Å². The van der Waals surface area contributed by atoms with Gasteiger partial charge in [-0.2, -0.15) is 0 Å². The number of hydrogen-bond donors (Lipinski definition) is 1. The Kier molecular flexibility index (Phi) is 4.77. The Hall–Kier alpha value is -3.83. The van der Waals surface area contributed by atoms with Gasteiger partial charge in [0.1, 0.15) is 5.75 Å². The molecule has 5 nitrogen and oxygen atoms in total. The van der Waals surface area contributed by atoms with Crippen LogP contribution in [-0.4, -0.2) is 27.8 Å². The topological polar surface area (TPSA) is 58.2 Å². The number of hydrogen-bond acceptors (Lipinski definition) is 3. The fourth-order valence-corrected chi connectivity index (χ4v) is 4.87. The van der Waals surface area contributed by atoms with Crippen molar-refractivity contribution in [2.24, 2.45) is 0 Å². The van der Waals surface area contributed by atoms with E-state index in [-0.39, 0.29) is 6.04 Å². The van der Waals surface area contributed by atoms with Crippen molar-refractivity contribution in [2.45, 2.75) is 12.5 Å². The molecule has 3 aromatic carbocycles. The van der Waals surface area contributed by atoms with E-state index in [1.54, 1.807) is 0 Å². The third-order valence-corrected chi connectivity index (χ3v) is 6.49. The molecule has 33 heavy (non-hydrogen) atoms. The van der Waals surface area contributed by atoms with Gasteiger partial charge in [-0.25, -0.2) is 4.98 Å². The van der Waals surface area contributed by atoms with Gasteiger partial charge in [0.2, 0.25) is 12.3 Å². The second kappa shape index (κ2) is 7.94. The minimum absolute atomic E-state index is 0.190. The lowest BCUT2D eigenvalue weighted by Gasteiger charge is -2.33. The molecule has 2 aromatic heterocycles. The van der Waals surface area contributed by atoms with E-state index in [4.69, 9.17) is 16.3 Å². The summed E-state index contributed by atoms with van der Waals surface area (Å²) in [6.07, 6.45) is 1.72. The van der Waals surface area contributed by atoms with E-state index in [0.29, 0.717) is 23.2 Å². The van der Waals surface area contributed by atoms with Crippen LogP contribution in [0, 0.1) is 0 Å². The van der Waals surface area contributed by atoms with Crippen LogP contribution in [0.5, 0.6) is 11.6 Å². The van der Waals surface area contributed by atoms with Gasteiger partial charge >= 0.3 is 0 Å². The number of nitrogens with one attached hydrogen (secondary N) is 1. The fraction of sp³-hybridized carbons (Fsp3) is 0.111. The Morgan fingerprint density at radius 2 is 1.88 bits per heavy atom. The molecule has 6 rings (SSSR count). The monoisotopic (exact) mass is 453 g/mol. The standard InChI is InChI=1S/C27H20ClN3O2/c28-19-8-11-24-22(15-19)21-13-14-31(16-32)27(26(21)30-24)18-5-9-20(10-6-18)33-25-12-7-17-3-1-2-4-23(17)29-25/h1-12,15-16,27,30H,13-14H2. The van der Waals surface area contributed by atoms with Gasteiger partial charge in [-0.1, -0.05) is 41.9 Å². The van der Waals surface area contributed by atoms with E-state index in [1.165, 1.54) is 5.56 Å². The van der Waals surface area contributed by atoms with Crippen molar-refractivity contribution >= 4 is 39.8 Å². The number of amides is 1.